The molecule has 0 bridgehead atoms. The van der Waals surface area contributed by atoms with Crippen LogP contribution in [0.3, 0.4) is 0 Å². The minimum Gasteiger partial charge on any atom is -0.396 e. The zero-order valence-electron chi connectivity index (χ0n) is 12.4. The Labute approximate surface area is 116 Å². The third-order valence-electron chi connectivity index (χ3n) is 3.45. The Morgan fingerprint density at radius 1 is 1.00 bits per heavy atom. The van der Waals surface area contributed by atoms with Gasteiger partial charge in [-0.3, -0.25) is 0 Å². The van der Waals surface area contributed by atoms with E-state index in [-0.39, 0.29) is 0 Å². The van der Waals surface area contributed by atoms with Gasteiger partial charge in [0.1, 0.15) is 11.6 Å². The van der Waals surface area contributed by atoms with Gasteiger partial charge < -0.3 is 21.3 Å². The monoisotopic (exact) mass is 265 g/mol. The molecule has 0 spiro atoms. The lowest BCUT2D eigenvalue weighted by Crippen LogP contribution is -2.30. The summed E-state index contributed by atoms with van der Waals surface area (Å²) >= 11 is 0. The number of nitrogens with zero attached hydrogens (tertiary/aromatic N) is 3. The van der Waals surface area contributed by atoms with Crippen molar-refractivity contribution >= 4 is 17.3 Å². The molecular weight excluding hydrogens is 238 g/mol. The molecule has 0 amide bonds. The van der Waals surface area contributed by atoms with E-state index in [9.17, 15) is 0 Å². The van der Waals surface area contributed by atoms with Gasteiger partial charge >= 0.3 is 0 Å². The average Bonchev–Trinajstić information content (AvgIpc) is 2.42. The quantitative estimate of drug-likeness (QED) is 0.750. The second kappa shape index (κ2) is 7.84. The molecule has 0 atom stereocenters. The number of nitrogens with two attached hydrogens (primary N) is 2. The topological polar surface area (TPSA) is 71.4 Å². The van der Waals surface area contributed by atoms with E-state index in [1.807, 2.05) is 12.1 Å². The van der Waals surface area contributed by atoms with E-state index in [1.54, 1.807) is 0 Å². The van der Waals surface area contributed by atoms with Crippen molar-refractivity contribution < 1.29 is 0 Å². The fourth-order valence-electron chi connectivity index (χ4n) is 2.11. The number of hydrogen-bond acceptors (Lipinski definition) is 5. The third kappa shape index (κ3) is 4.59. The van der Waals surface area contributed by atoms with Gasteiger partial charge in [-0.1, -0.05) is 13.8 Å². The lowest BCUT2D eigenvalue weighted by Gasteiger charge is -2.24. The third-order valence-corrected chi connectivity index (χ3v) is 3.45. The van der Waals surface area contributed by atoms with Gasteiger partial charge in [0, 0.05) is 13.1 Å². The summed E-state index contributed by atoms with van der Waals surface area (Å²) in [7, 11) is 0. The second-order valence-corrected chi connectivity index (χ2v) is 4.60. The first kappa shape index (κ1) is 15.6. The van der Waals surface area contributed by atoms with Crippen LogP contribution in [-0.2, 0) is 0 Å². The Bertz CT molecular complexity index is 376. The minimum absolute atomic E-state index is 0.416. The van der Waals surface area contributed by atoms with Crippen LogP contribution in [0.25, 0.3) is 0 Å². The molecule has 1 aromatic rings. The maximum Gasteiger partial charge on any atom is 0.149 e. The summed E-state index contributed by atoms with van der Waals surface area (Å²) in [4.78, 5) is 9.01. The molecule has 0 saturated carbocycles. The predicted octanol–water partition coefficient (Wildman–Crippen LogP) is 1.80. The number of hydrogen-bond donors (Lipinski definition) is 2. The number of pyridine rings is 1. The standard InChI is InChI=1S/C14H27N5/c1-4-18(5-2)10-7-11-19(6-3)13-9-8-12(15)14(16)17-13/h8-9H,4-7,10-11,15H2,1-3H3,(H2,16,17). The van der Waals surface area contributed by atoms with E-state index < -0.39 is 0 Å². The largest absolute Gasteiger partial charge is 0.396 e. The van der Waals surface area contributed by atoms with E-state index in [1.165, 1.54) is 0 Å². The van der Waals surface area contributed by atoms with Crippen LogP contribution in [0.1, 0.15) is 27.2 Å². The van der Waals surface area contributed by atoms with Crippen molar-refractivity contribution in [3.05, 3.63) is 12.1 Å². The number of nitrogen functional groups attached to an aromatic ring is 2. The Balaban J connectivity index is 2.55. The molecule has 1 heterocycles. The minimum atomic E-state index is 0.416. The highest BCUT2D eigenvalue weighted by Crippen LogP contribution is 2.18. The highest BCUT2D eigenvalue weighted by Gasteiger charge is 2.08. The van der Waals surface area contributed by atoms with Gasteiger partial charge in [0.05, 0.1) is 5.69 Å². The first-order valence-corrected chi connectivity index (χ1v) is 7.11. The van der Waals surface area contributed by atoms with E-state index in [4.69, 9.17) is 11.5 Å². The SMILES string of the molecule is CCN(CC)CCCN(CC)c1ccc(N)c(N)n1. The van der Waals surface area contributed by atoms with Crippen LogP contribution in [0, 0.1) is 0 Å². The summed E-state index contributed by atoms with van der Waals surface area (Å²) in [5.41, 5.74) is 12.0. The molecule has 108 valence electrons. The molecule has 19 heavy (non-hydrogen) atoms. The lowest BCUT2D eigenvalue weighted by atomic mass is 10.3. The summed E-state index contributed by atoms with van der Waals surface area (Å²) in [5, 5.41) is 0. The van der Waals surface area contributed by atoms with Crippen molar-refractivity contribution in [3.8, 4) is 0 Å². The van der Waals surface area contributed by atoms with Crippen molar-refractivity contribution in [3.63, 3.8) is 0 Å². The van der Waals surface area contributed by atoms with E-state index >= 15 is 0 Å². The van der Waals surface area contributed by atoms with Gasteiger partial charge in [-0.05, 0) is 45.1 Å². The van der Waals surface area contributed by atoms with E-state index in [2.05, 4.69) is 35.6 Å². The van der Waals surface area contributed by atoms with Crippen molar-refractivity contribution in [1.29, 1.82) is 0 Å². The highest BCUT2D eigenvalue weighted by atomic mass is 15.2. The Hall–Kier alpha value is -1.49. The van der Waals surface area contributed by atoms with Crippen molar-refractivity contribution in [2.75, 3.05) is 49.1 Å². The van der Waals surface area contributed by atoms with Crippen LogP contribution in [0.4, 0.5) is 17.3 Å². The summed E-state index contributed by atoms with van der Waals surface area (Å²) in [6.07, 6.45) is 1.13. The summed E-state index contributed by atoms with van der Waals surface area (Å²) in [6, 6.07) is 3.76. The van der Waals surface area contributed by atoms with Crippen LogP contribution in [0.15, 0.2) is 12.1 Å². The molecule has 1 rings (SSSR count). The predicted molar refractivity (Wildman–Crippen MR) is 83.4 cm³/mol. The molecule has 0 aliphatic heterocycles. The molecule has 0 aliphatic rings. The molecule has 0 saturated heterocycles. The van der Waals surface area contributed by atoms with E-state index in [0.717, 1.165) is 45.0 Å². The molecular formula is C14H27N5. The van der Waals surface area contributed by atoms with Crippen LogP contribution in [-0.4, -0.2) is 42.6 Å². The van der Waals surface area contributed by atoms with Crippen molar-refractivity contribution in [1.82, 2.24) is 9.88 Å². The molecule has 5 heteroatoms. The average molecular weight is 265 g/mol. The highest BCUT2D eigenvalue weighted by molar-refractivity contribution is 5.62. The van der Waals surface area contributed by atoms with Gasteiger partial charge in [0.15, 0.2) is 0 Å². The maximum atomic E-state index is 5.76. The first-order chi connectivity index (χ1) is 9.12. The van der Waals surface area contributed by atoms with Gasteiger partial charge in [-0.25, -0.2) is 4.98 Å². The van der Waals surface area contributed by atoms with Gasteiger partial charge in [-0.15, -0.1) is 0 Å². The first-order valence-electron chi connectivity index (χ1n) is 7.11. The van der Waals surface area contributed by atoms with E-state index in [0.29, 0.717) is 11.5 Å². The number of rotatable bonds is 8. The Morgan fingerprint density at radius 3 is 2.21 bits per heavy atom. The van der Waals surface area contributed by atoms with Crippen LogP contribution in [0.2, 0.25) is 0 Å². The fourth-order valence-corrected chi connectivity index (χ4v) is 2.11. The molecule has 4 N–H and O–H groups in total. The molecule has 0 radical (unpaired) electrons. The van der Waals surface area contributed by atoms with Crippen LogP contribution >= 0.6 is 0 Å². The van der Waals surface area contributed by atoms with Gasteiger partial charge in [-0.2, -0.15) is 0 Å². The maximum absolute atomic E-state index is 5.76. The molecule has 0 aliphatic carbocycles. The summed E-state index contributed by atoms with van der Waals surface area (Å²) < 4.78 is 0. The molecule has 0 aromatic carbocycles. The molecule has 1 aromatic heterocycles. The normalized spacial score (nSPS) is 10.9. The summed E-state index contributed by atoms with van der Waals surface area (Å²) in [6.45, 7) is 11.8. The second-order valence-electron chi connectivity index (χ2n) is 4.60. The lowest BCUT2D eigenvalue weighted by molar-refractivity contribution is 0.300. The summed E-state index contributed by atoms with van der Waals surface area (Å²) in [5.74, 6) is 1.33. The number of anilines is 3. The molecule has 0 unspecified atom stereocenters. The van der Waals surface area contributed by atoms with Gasteiger partial charge in [0.2, 0.25) is 0 Å². The smallest absolute Gasteiger partial charge is 0.149 e. The zero-order chi connectivity index (χ0) is 14.3. The van der Waals surface area contributed by atoms with Crippen molar-refractivity contribution in [2.45, 2.75) is 27.2 Å². The number of aromatic nitrogens is 1. The Kier molecular flexibility index (Phi) is 6.42. The molecule has 0 fully saturated rings. The Morgan fingerprint density at radius 2 is 1.68 bits per heavy atom. The van der Waals surface area contributed by atoms with Crippen LogP contribution < -0.4 is 16.4 Å². The fraction of sp³-hybridized carbons (Fsp3) is 0.643. The van der Waals surface area contributed by atoms with Crippen LogP contribution in [0.5, 0.6) is 0 Å². The van der Waals surface area contributed by atoms with Gasteiger partial charge in [0.25, 0.3) is 0 Å². The molecule has 5 nitrogen and oxygen atoms in total. The van der Waals surface area contributed by atoms with Crippen molar-refractivity contribution in [2.24, 2.45) is 0 Å². The zero-order valence-corrected chi connectivity index (χ0v) is 12.4.